The lowest BCUT2D eigenvalue weighted by atomic mass is 9.82. The average molecular weight is 422 g/mol. The first-order valence-corrected chi connectivity index (χ1v) is 10.4. The van der Waals surface area contributed by atoms with Gasteiger partial charge < -0.3 is 20.1 Å². The van der Waals surface area contributed by atoms with Crippen molar-refractivity contribution in [2.75, 3.05) is 0 Å². The summed E-state index contributed by atoms with van der Waals surface area (Å²) in [5.41, 5.74) is 4.45. The number of phenols is 3. The van der Waals surface area contributed by atoms with E-state index in [4.69, 9.17) is 4.74 Å². The normalized spacial score (nSPS) is 17.2. The summed E-state index contributed by atoms with van der Waals surface area (Å²) < 4.78 is 6.36. The van der Waals surface area contributed by atoms with Crippen molar-refractivity contribution in [2.24, 2.45) is 0 Å². The van der Waals surface area contributed by atoms with Gasteiger partial charge in [0.05, 0.1) is 5.92 Å². The molecule has 4 heteroatoms. The minimum atomic E-state index is -0.377. The van der Waals surface area contributed by atoms with Crippen molar-refractivity contribution in [3.05, 3.63) is 119 Å². The maximum Gasteiger partial charge on any atom is 0.135 e. The van der Waals surface area contributed by atoms with Gasteiger partial charge in [0.25, 0.3) is 0 Å². The molecule has 4 aromatic rings. The van der Waals surface area contributed by atoms with Crippen LogP contribution in [0.25, 0.3) is 12.2 Å². The van der Waals surface area contributed by atoms with E-state index in [9.17, 15) is 15.3 Å². The third kappa shape index (κ3) is 3.79. The van der Waals surface area contributed by atoms with Gasteiger partial charge in [-0.2, -0.15) is 0 Å². The Hall–Kier alpha value is -4.18. The first-order chi connectivity index (χ1) is 15.6. The summed E-state index contributed by atoms with van der Waals surface area (Å²) >= 11 is 0. The average Bonchev–Trinajstić information content (AvgIpc) is 3.17. The Morgan fingerprint density at radius 3 is 1.94 bits per heavy atom. The lowest BCUT2D eigenvalue weighted by Gasteiger charge is -2.21. The zero-order valence-corrected chi connectivity index (χ0v) is 17.2. The van der Waals surface area contributed by atoms with E-state index in [-0.39, 0.29) is 29.3 Å². The van der Waals surface area contributed by atoms with Crippen molar-refractivity contribution in [3.8, 4) is 23.0 Å². The summed E-state index contributed by atoms with van der Waals surface area (Å²) in [6, 6.07) is 27.7. The molecular formula is C28H22O4. The molecule has 0 aromatic heterocycles. The van der Waals surface area contributed by atoms with Gasteiger partial charge in [0.2, 0.25) is 0 Å². The number of benzene rings is 4. The van der Waals surface area contributed by atoms with Crippen LogP contribution in [0.3, 0.4) is 0 Å². The lowest BCUT2D eigenvalue weighted by Crippen LogP contribution is -2.11. The van der Waals surface area contributed by atoms with Crippen LogP contribution in [-0.2, 0) is 0 Å². The Morgan fingerprint density at radius 2 is 1.25 bits per heavy atom. The highest BCUT2D eigenvalue weighted by molar-refractivity contribution is 5.75. The molecule has 4 aromatic carbocycles. The fraction of sp³-hybridized carbons (Fsp3) is 0.0714. The summed E-state index contributed by atoms with van der Waals surface area (Å²) in [4.78, 5) is 0. The van der Waals surface area contributed by atoms with Gasteiger partial charge in [0, 0.05) is 17.7 Å². The molecule has 32 heavy (non-hydrogen) atoms. The van der Waals surface area contributed by atoms with Gasteiger partial charge in [-0.1, -0.05) is 72.8 Å². The third-order valence-corrected chi connectivity index (χ3v) is 5.69. The van der Waals surface area contributed by atoms with Gasteiger partial charge in [-0.15, -0.1) is 0 Å². The van der Waals surface area contributed by atoms with E-state index in [0.717, 1.165) is 27.8 Å². The second kappa shape index (κ2) is 8.16. The van der Waals surface area contributed by atoms with Crippen LogP contribution in [0.1, 0.15) is 39.8 Å². The Balaban J connectivity index is 1.68. The summed E-state index contributed by atoms with van der Waals surface area (Å²) in [7, 11) is 0. The summed E-state index contributed by atoms with van der Waals surface area (Å²) in [6.07, 6.45) is 3.57. The maximum absolute atomic E-state index is 10.4. The molecule has 1 aliphatic heterocycles. The number of ether oxygens (including phenoxy) is 1. The van der Waals surface area contributed by atoms with Crippen LogP contribution in [0.5, 0.6) is 23.0 Å². The maximum atomic E-state index is 10.4. The molecule has 1 heterocycles. The molecule has 0 fully saturated rings. The van der Waals surface area contributed by atoms with Crippen molar-refractivity contribution >= 4 is 12.2 Å². The van der Waals surface area contributed by atoms with Crippen LogP contribution in [0.4, 0.5) is 0 Å². The highest BCUT2D eigenvalue weighted by atomic mass is 16.5. The smallest absolute Gasteiger partial charge is 0.135 e. The fourth-order valence-corrected chi connectivity index (χ4v) is 4.35. The summed E-state index contributed by atoms with van der Waals surface area (Å²) in [5.74, 6) is 0.379. The van der Waals surface area contributed by atoms with Crippen molar-refractivity contribution in [1.29, 1.82) is 0 Å². The number of fused-ring (bicyclic) bond motifs is 1. The van der Waals surface area contributed by atoms with E-state index in [1.165, 1.54) is 6.07 Å². The van der Waals surface area contributed by atoms with E-state index >= 15 is 0 Å². The van der Waals surface area contributed by atoms with Gasteiger partial charge in [0.1, 0.15) is 29.1 Å². The van der Waals surface area contributed by atoms with Crippen LogP contribution < -0.4 is 4.74 Å². The van der Waals surface area contributed by atoms with Crippen LogP contribution in [-0.4, -0.2) is 15.3 Å². The quantitative estimate of drug-likeness (QED) is 0.341. The Kier molecular flexibility index (Phi) is 5.04. The van der Waals surface area contributed by atoms with Crippen LogP contribution in [0.15, 0.2) is 91.0 Å². The molecule has 4 nitrogen and oxygen atoms in total. The van der Waals surface area contributed by atoms with E-state index in [1.54, 1.807) is 24.3 Å². The molecule has 0 saturated heterocycles. The van der Waals surface area contributed by atoms with Crippen molar-refractivity contribution in [3.63, 3.8) is 0 Å². The van der Waals surface area contributed by atoms with Crippen LogP contribution in [0.2, 0.25) is 0 Å². The van der Waals surface area contributed by atoms with Gasteiger partial charge in [-0.05, 0) is 40.5 Å². The lowest BCUT2D eigenvalue weighted by molar-refractivity contribution is 0.221. The topological polar surface area (TPSA) is 69.9 Å². The minimum Gasteiger partial charge on any atom is -0.508 e. The largest absolute Gasteiger partial charge is 0.508 e. The predicted molar refractivity (Wildman–Crippen MR) is 125 cm³/mol. The third-order valence-electron chi connectivity index (χ3n) is 5.69. The van der Waals surface area contributed by atoms with Gasteiger partial charge in [-0.3, -0.25) is 0 Å². The van der Waals surface area contributed by atoms with E-state index in [0.29, 0.717) is 5.75 Å². The molecule has 0 radical (unpaired) electrons. The number of hydrogen-bond acceptors (Lipinski definition) is 4. The van der Waals surface area contributed by atoms with E-state index < -0.39 is 0 Å². The molecule has 0 amide bonds. The molecular weight excluding hydrogens is 400 g/mol. The zero-order chi connectivity index (χ0) is 22.1. The number of phenolic OH excluding ortho intramolecular Hbond substituents is 3. The molecule has 0 aliphatic carbocycles. The minimum absolute atomic E-state index is 0.0135. The Labute approximate surface area is 186 Å². The first kappa shape index (κ1) is 19.8. The molecule has 1 aliphatic rings. The van der Waals surface area contributed by atoms with Crippen LogP contribution in [0, 0.1) is 0 Å². The SMILES string of the molecule is Oc1cc(O)cc(C2c3c(/C=C/c4ccccc4)cc(O)cc3OC2c2ccccc2)c1. The number of rotatable bonds is 4. The Bertz CT molecular complexity index is 1260. The predicted octanol–water partition coefficient (Wildman–Crippen LogP) is 6.24. The van der Waals surface area contributed by atoms with Crippen molar-refractivity contribution in [2.45, 2.75) is 12.0 Å². The fourth-order valence-electron chi connectivity index (χ4n) is 4.35. The second-order valence-corrected chi connectivity index (χ2v) is 7.90. The molecule has 5 rings (SSSR count). The zero-order valence-electron chi connectivity index (χ0n) is 17.2. The van der Waals surface area contributed by atoms with Gasteiger partial charge in [-0.25, -0.2) is 0 Å². The van der Waals surface area contributed by atoms with Crippen molar-refractivity contribution in [1.82, 2.24) is 0 Å². The second-order valence-electron chi connectivity index (χ2n) is 7.90. The Morgan fingerprint density at radius 1 is 0.625 bits per heavy atom. The highest BCUT2D eigenvalue weighted by Crippen LogP contribution is 2.53. The molecule has 0 spiro atoms. The number of hydrogen-bond donors (Lipinski definition) is 3. The van der Waals surface area contributed by atoms with Gasteiger partial charge >= 0.3 is 0 Å². The van der Waals surface area contributed by atoms with Gasteiger partial charge in [0.15, 0.2) is 0 Å². The number of aromatic hydroxyl groups is 3. The standard InChI is InChI=1S/C28H22O4/c29-22-14-21(15-23(30)16-22)27-26-20(12-11-18-7-3-1-4-8-18)13-24(31)17-25(26)32-28(27)19-9-5-2-6-10-19/h1-17,27-31H/b12-11+. The molecule has 0 saturated carbocycles. The summed E-state index contributed by atoms with van der Waals surface area (Å²) in [5, 5.41) is 30.7. The van der Waals surface area contributed by atoms with E-state index in [1.807, 2.05) is 72.8 Å². The monoisotopic (exact) mass is 422 g/mol. The van der Waals surface area contributed by atoms with Crippen LogP contribution >= 0.6 is 0 Å². The molecule has 3 N–H and O–H groups in total. The van der Waals surface area contributed by atoms with E-state index in [2.05, 4.69) is 0 Å². The molecule has 2 atom stereocenters. The summed E-state index contributed by atoms with van der Waals surface area (Å²) in [6.45, 7) is 0. The molecule has 158 valence electrons. The molecule has 2 unspecified atom stereocenters. The van der Waals surface area contributed by atoms with Crippen molar-refractivity contribution < 1.29 is 20.1 Å². The highest BCUT2D eigenvalue weighted by Gasteiger charge is 2.39. The first-order valence-electron chi connectivity index (χ1n) is 10.4. The molecule has 0 bridgehead atoms.